The van der Waals surface area contributed by atoms with Gasteiger partial charge in [-0.1, -0.05) is 65.7 Å². The van der Waals surface area contributed by atoms with E-state index in [1.54, 1.807) is 0 Å². The monoisotopic (exact) mass is 256 g/mol. The Bertz CT molecular complexity index is 190. The third-order valence-electron chi connectivity index (χ3n) is 3.47. The zero-order valence-corrected chi connectivity index (χ0v) is 12.7. The van der Waals surface area contributed by atoms with Gasteiger partial charge in [0.15, 0.2) is 0 Å². The molecule has 0 heterocycles. The van der Waals surface area contributed by atoms with E-state index in [4.69, 9.17) is 4.74 Å². The molecule has 0 saturated heterocycles. The highest BCUT2D eigenvalue weighted by Crippen LogP contribution is 2.16. The zero-order valence-electron chi connectivity index (χ0n) is 12.7. The summed E-state index contributed by atoms with van der Waals surface area (Å²) in [4.78, 5) is 11.8. The fraction of sp³-hybridized carbons (Fsp3) is 0.938. The van der Waals surface area contributed by atoms with Crippen LogP contribution in [0.5, 0.6) is 0 Å². The number of ether oxygens (including phenoxy) is 1. The smallest absolute Gasteiger partial charge is 0.308 e. The van der Waals surface area contributed by atoms with Gasteiger partial charge in [0.25, 0.3) is 0 Å². The van der Waals surface area contributed by atoms with Crippen molar-refractivity contribution in [2.45, 2.75) is 85.0 Å². The van der Waals surface area contributed by atoms with Crippen LogP contribution in [-0.4, -0.2) is 12.6 Å². The fourth-order valence-electron chi connectivity index (χ4n) is 2.13. The van der Waals surface area contributed by atoms with Gasteiger partial charge in [-0.25, -0.2) is 0 Å². The number of hydrogen-bond acceptors (Lipinski definition) is 2. The normalized spacial score (nSPS) is 12.4. The van der Waals surface area contributed by atoms with Gasteiger partial charge in [0.05, 0.1) is 12.5 Å². The van der Waals surface area contributed by atoms with Crippen molar-refractivity contribution in [2.75, 3.05) is 6.61 Å². The first kappa shape index (κ1) is 17.5. The van der Waals surface area contributed by atoms with E-state index in [1.807, 2.05) is 0 Å². The second kappa shape index (κ2) is 12.9. The molecule has 0 aliphatic rings. The highest BCUT2D eigenvalue weighted by molar-refractivity contribution is 5.72. The molecule has 18 heavy (non-hydrogen) atoms. The zero-order chi connectivity index (χ0) is 13.6. The lowest BCUT2D eigenvalue weighted by molar-refractivity contribution is -0.149. The van der Waals surface area contributed by atoms with Crippen LogP contribution in [0.4, 0.5) is 0 Å². The molecule has 0 aliphatic carbocycles. The maximum Gasteiger partial charge on any atom is 0.308 e. The molecule has 0 N–H and O–H groups in total. The van der Waals surface area contributed by atoms with Crippen LogP contribution >= 0.6 is 0 Å². The van der Waals surface area contributed by atoms with Crippen LogP contribution < -0.4 is 0 Å². The van der Waals surface area contributed by atoms with Crippen molar-refractivity contribution in [3.05, 3.63) is 0 Å². The molecule has 0 spiro atoms. The molecule has 0 amide bonds. The number of carbonyl (C=O) groups excluding carboxylic acids is 1. The summed E-state index contributed by atoms with van der Waals surface area (Å²) in [6.45, 7) is 7.10. The Labute approximate surface area is 113 Å². The third kappa shape index (κ3) is 9.49. The first-order valence-corrected chi connectivity index (χ1v) is 7.92. The van der Waals surface area contributed by atoms with Crippen LogP contribution in [0.15, 0.2) is 0 Å². The van der Waals surface area contributed by atoms with E-state index in [1.165, 1.54) is 38.5 Å². The van der Waals surface area contributed by atoms with E-state index in [2.05, 4.69) is 20.8 Å². The molecule has 0 rings (SSSR count). The molecule has 0 fully saturated rings. The molecule has 1 unspecified atom stereocenters. The largest absolute Gasteiger partial charge is 0.465 e. The quantitative estimate of drug-likeness (QED) is 0.358. The van der Waals surface area contributed by atoms with E-state index in [-0.39, 0.29) is 11.9 Å². The maximum atomic E-state index is 11.8. The van der Waals surface area contributed by atoms with Crippen LogP contribution in [0.25, 0.3) is 0 Å². The molecule has 0 radical (unpaired) electrons. The molecule has 0 bridgehead atoms. The van der Waals surface area contributed by atoms with Crippen molar-refractivity contribution in [1.29, 1.82) is 0 Å². The summed E-state index contributed by atoms with van der Waals surface area (Å²) in [6, 6.07) is 0. The van der Waals surface area contributed by atoms with Crippen molar-refractivity contribution in [1.82, 2.24) is 0 Å². The van der Waals surface area contributed by atoms with Crippen LogP contribution in [0.2, 0.25) is 0 Å². The second-order valence-corrected chi connectivity index (χ2v) is 5.18. The second-order valence-electron chi connectivity index (χ2n) is 5.18. The number of esters is 1. The van der Waals surface area contributed by atoms with Crippen molar-refractivity contribution >= 4 is 5.97 Å². The van der Waals surface area contributed by atoms with Gasteiger partial charge < -0.3 is 4.74 Å². The maximum absolute atomic E-state index is 11.8. The van der Waals surface area contributed by atoms with Gasteiger partial charge in [-0.05, 0) is 19.3 Å². The summed E-state index contributed by atoms with van der Waals surface area (Å²) in [5.74, 6) is 0.165. The lowest BCUT2D eigenvalue weighted by Gasteiger charge is -2.14. The first-order valence-electron chi connectivity index (χ1n) is 7.92. The Morgan fingerprint density at radius 3 is 2.06 bits per heavy atom. The van der Waals surface area contributed by atoms with Crippen molar-refractivity contribution in [3.63, 3.8) is 0 Å². The standard InChI is InChI=1S/C16H32O2/c1-4-7-9-11-13-15(6-3)16(17)18-14-12-10-8-5-2/h15H,4-14H2,1-3H3. The molecule has 108 valence electrons. The van der Waals surface area contributed by atoms with Gasteiger partial charge >= 0.3 is 5.97 Å². The average molecular weight is 256 g/mol. The summed E-state index contributed by atoms with van der Waals surface area (Å²) >= 11 is 0. The number of rotatable bonds is 12. The lowest BCUT2D eigenvalue weighted by Crippen LogP contribution is -2.17. The van der Waals surface area contributed by atoms with Crippen LogP contribution in [0.3, 0.4) is 0 Å². The highest BCUT2D eigenvalue weighted by Gasteiger charge is 2.17. The summed E-state index contributed by atoms with van der Waals surface area (Å²) in [7, 11) is 0. The molecule has 2 heteroatoms. The molecule has 0 aromatic heterocycles. The van der Waals surface area contributed by atoms with Gasteiger partial charge in [0, 0.05) is 0 Å². The average Bonchev–Trinajstić information content (AvgIpc) is 2.38. The predicted molar refractivity (Wildman–Crippen MR) is 77.6 cm³/mol. The van der Waals surface area contributed by atoms with Crippen LogP contribution in [0, 0.1) is 5.92 Å². The van der Waals surface area contributed by atoms with Crippen LogP contribution in [-0.2, 0) is 9.53 Å². The van der Waals surface area contributed by atoms with E-state index in [0.717, 1.165) is 25.7 Å². The highest BCUT2D eigenvalue weighted by atomic mass is 16.5. The summed E-state index contributed by atoms with van der Waals surface area (Å²) in [6.07, 6.45) is 11.5. The minimum atomic E-state index is 0.0329. The molecule has 2 nitrogen and oxygen atoms in total. The van der Waals surface area contributed by atoms with Crippen LogP contribution in [0.1, 0.15) is 85.0 Å². The first-order chi connectivity index (χ1) is 8.76. The molecule has 0 aliphatic heterocycles. The summed E-state index contributed by atoms with van der Waals surface area (Å²) in [5, 5.41) is 0. The Morgan fingerprint density at radius 2 is 1.50 bits per heavy atom. The summed E-state index contributed by atoms with van der Waals surface area (Å²) < 4.78 is 5.36. The van der Waals surface area contributed by atoms with E-state index in [0.29, 0.717) is 6.61 Å². The molecule has 1 atom stereocenters. The van der Waals surface area contributed by atoms with Crippen molar-refractivity contribution in [3.8, 4) is 0 Å². The minimum Gasteiger partial charge on any atom is -0.465 e. The number of carbonyl (C=O) groups is 1. The molecule has 0 aromatic rings. The topological polar surface area (TPSA) is 26.3 Å². The van der Waals surface area contributed by atoms with Gasteiger partial charge in [-0.2, -0.15) is 0 Å². The summed E-state index contributed by atoms with van der Waals surface area (Å²) in [5.41, 5.74) is 0. The Hall–Kier alpha value is -0.530. The molecular formula is C16H32O2. The predicted octanol–water partition coefficient (Wildman–Crippen LogP) is 5.11. The Balaban J connectivity index is 3.61. The van der Waals surface area contributed by atoms with E-state index >= 15 is 0 Å². The number of hydrogen-bond donors (Lipinski definition) is 0. The van der Waals surface area contributed by atoms with Gasteiger partial charge in [-0.15, -0.1) is 0 Å². The Kier molecular flexibility index (Phi) is 12.5. The van der Waals surface area contributed by atoms with Crippen molar-refractivity contribution in [2.24, 2.45) is 5.92 Å². The SMILES string of the molecule is CCCCCCOC(=O)C(CC)CCCCCC. The molecular weight excluding hydrogens is 224 g/mol. The van der Waals surface area contributed by atoms with Crippen molar-refractivity contribution < 1.29 is 9.53 Å². The molecule has 0 aromatic carbocycles. The fourth-order valence-corrected chi connectivity index (χ4v) is 2.13. The van der Waals surface area contributed by atoms with E-state index in [9.17, 15) is 4.79 Å². The third-order valence-corrected chi connectivity index (χ3v) is 3.47. The minimum absolute atomic E-state index is 0.0329. The van der Waals surface area contributed by atoms with Gasteiger partial charge in [-0.3, -0.25) is 4.79 Å². The Morgan fingerprint density at radius 1 is 0.889 bits per heavy atom. The van der Waals surface area contributed by atoms with E-state index < -0.39 is 0 Å². The lowest BCUT2D eigenvalue weighted by atomic mass is 9.98. The number of unbranched alkanes of at least 4 members (excludes halogenated alkanes) is 6. The van der Waals surface area contributed by atoms with Gasteiger partial charge in [0.2, 0.25) is 0 Å². The van der Waals surface area contributed by atoms with Gasteiger partial charge in [0.1, 0.15) is 0 Å². The molecule has 0 saturated carbocycles.